The molecule has 3 aromatic heterocycles. The predicted octanol–water partition coefficient (Wildman–Crippen LogP) is 4.52. The van der Waals surface area contributed by atoms with Gasteiger partial charge in [-0.05, 0) is 30.7 Å². The topological polar surface area (TPSA) is 59.3 Å². The molecule has 4 aromatic rings. The molecule has 0 bridgehead atoms. The van der Waals surface area contributed by atoms with Crippen LogP contribution in [0.25, 0.3) is 17.7 Å². The third-order valence-electron chi connectivity index (χ3n) is 4.07. The first-order valence-corrected chi connectivity index (χ1v) is 9.00. The first-order valence-electron chi connectivity index (χ1n) is 8.12. The Hall–Kier alpha value is -3.25. The van der Waals surface area contributed by atoms with E-state index in [2.05, 4.69) is 15.3 Å². The molecule has 3 heterocycles. The Labute approximate surface area is 154 Å². The molecule has 128 valence electrons. The van der Waals surface area contributed by atoms with Gasteiger partial charge in [-0.15, -0.1) is 11.3 Å². The summed E-state index contributed by atoms with van der Waals surface area (Å²) in [7, 11) is 0. The zero-order valence-electron chi connectivity index (χ0n) is 14.1. The highest BCUT2D eigenvalue weighted by Gasteiger charge is 2.13. The van der Waals surface area contributed by atoms with Crippen LogP contribution in [-0.2, 0) is 0 Å². The molecule has 0 atom stereocenters. The maximum atomic E-state index is 12.6. The summed E-state index contributed by atoms with van der Waals surface area (Å²) < 4.78 is 1.89. The molecule has 5 nitrogen and oxygen atoms in total. The molecule has 0 saturated carbocycles. The molecule has 6 heteroatoms. The number of fused-ring (bicyclic) bond motifs is 1. The molecule has 0 aliphatic rings. The number of hydrogen-bond donors (Lipinski definition) is 1. The van der Waals surface area contributed by atoms with E-state index in [1.165, 1.54) is 11.3 Å². The van der Waals surface area contributed by atoms with Crippen LogP contribution in [0, 0.1) is 6.92 Å². The van der Waals surface area contributed by atoms with Crippen LogP contribution < -0.4 is 5.32 Å². The highest BCUT2D eigenvalue weighted by molar-refractivity contribution is 7.14. The van der Waals surface area contributed by atoms with E-state index >= 15 is 0 Å². The second-order valence-corrected chi connectivity index (χ2v) is 6.65. The van der Waals surface area contributed by atoms with Gasteiger partial charge < -0.3 is 4.40 Å². The molecule has 0 radical (unpaired) electrons. The van der Waals surface area contributed by atoms with E-state index in [-0.39, 0.29) is 5.91 Å². The number of thiazole rings is 1. The molecule has 0 unspecified atom stereocenters. The van der Waals surface area contributed by atoms with Gasteiger partial charge in [0.25, 0.3) is 5.91 Å². The minimum Gasteiger partial charge on any atom is -0.303 e. The zero-order valence-corrected chi connectivity index (χ0v) is 14.9. The van der Waals surface area contributed by atoms with E-state index in [1.807, 2.05) is 71.3 Å². The van der Waals surface area contributed by atoms with Gasteiger partial charge in [0, 0.05) is 11.1 Å². The Morgan fingerprint density at radius 1 is 1.15 bits per heavy atom. The summed E-state index contributed by atoms with van der Waals surface area (Å²) in [4.78, 5) is 21.2. The number of imidazole rings is 1. The summed E-state index contributed by atoms with van der Waals surface area (Å²) in [5, 5.41) is 5.37. The fourth-order valence-corrected chi connectivity index (χ4v) is 3.37. The van der Waals surface area contributed by atoms with Gasteiger partial charge in [0.15, 0.2) is 5.13 Å². The molecule has 1 aromatic carbocycles. The van der Waals surface area contributed by atoms with E-state index in [0.29, 0.717) is 10.7 Å². The SMILES string of the molecule is Cc1c(C(=O)Nc2nc(/C=C/c3ccccc3)cs2)ccc2cncn12. The minimum absolute atomic E-state index is 0.175. The Kier molecular flexibility index (Phi) is 4.33. The smallest absolute Gasteiger partial charge is 0.259 e. The van der Waals surface area contributed by atoms with Crippen LogP contribution in [-0.4, -0.2) is 20.3 Å². The third kappa shape index (κ3) is 3.27. The summed E-state index contributed by atoms with van der Waals surface area (Å²) in [6, 6.07) is 13.7. The number of carbonyl (C=O) groups excluding carboxylic acids is 1. The molecule has 1 N–H and O–H groups in total. The van der Waals surface area contributed by atoms with Crippen LogP contribution in [0.15, 0.2) is 60.4 Å². The number of nitrogens with one attached hydrogen (secondary N) is 1. The molecule has 0 spiro atoms. The number of aromatic nitrogens is 3. The fourth-order valence-electron chi connectivity index (χ4n) is 2.70. The van der Waals surface area contributed by atoms with Crippen molar-refractivity contribution >= 4 is 40.0 Å². The molecular weight excluding hydrogens is 344 g/mol. The van der Waals surface area contributed by atoms with Gasteiger partial charge in [0.2, 0.25) is 0 Å². The average molecular weight is 360 g/mol. The highest BCUT2D eigenvalue weighted by atomic mass is 32.1. The van der Waals surface area contributed by atoms with Gasteiger partial charge in [-0.1, -0.05) is 36.4 Å². The lowest BCUT2D eigenvalue weighted by Gasteiger charge is -2.07. The van der Waals surface area contributed by atoms with E-state index in [0.717, 1.165) is 22.5 Å². The Bertz CT molecular complexity index is 1100. The van der Waals surface area contributed by atoms with E-state index < -0.39 is 0 Å². The maximum absolute atomic E-state index is 12.6. The molecular formula is C20H16N4OS. The number of pyridine rings is 1. The largest absolute Gasteiger partial charge is 0.303 e. The normalized spacial score (nSPS) is 11.3. The molecule has 0 saturated heterocycles. The van der Waals surface area contributed by atoms with E-state index in [9.17, 15) is 4.79 Å². The van der Waals surface area contributed by atoms with Crippen molar-refractivity contribution in [3.63, 3.8) is 0 Å². The second-order valence-electron chi connectivity index (χ2n) is 5.80. The fraction of sp³-hybridized carbons (Fsp3) is 0.0500. The van der Waals surface area contributed by atoms with Crippen LogP contribution in [0.1, 0.15) is 27.3 Å². The standard InChI is InChI=1S/C20H16N4OS/c1-14-18(10-9-17-11-21-13-24(14)17)19(25)23-20-22-16(12-26-20)8-7-15-5-3-2-4-6-15/h2-13H,1H3,(H,22,23,25)/b8-7+. The van der Waals surface area contributed by atoms with E-state index in [4.69, 9.17) is 0 Å². The molecule has 0 aliphatic carbocycles. The Morgan fingerprint density at radius 3 is 2.85 bits per heavy atom. The average Bonchev–Trinajstić information content (AvgIpc) is 3.31. The first-order chi connectivity index (χ1) is 12.7. The lowest BCUT2D eigenvalue weighted by atomic mass is 10.2. The number of hydrogen-bond acceptors (Lipinski definition) is 4. The third-order valence-corrected chi connectivity index (χ3v) is 4.85. The summed E-state index contributed by atoms with van der Waals surface area (Å²) in [6.07, 6.45) is 7.40. The lowest BCUT2D eigenvalue weighted by Crippen LogP contribution is -2.14. The lowest BCUT2D eigenvalue weighted by molar-refractivity contribution is 0.102. The number of rotatable bonds is 4. The predicted molar refractivity (Wildman–Crippen MR) is 105 cm³/mol. The Balaban J connectivity index is 1.50. The van der Waals surface area contributed by atoms with Gasteiger partial charge >= 0.3 is 0 Å². The number of nitrogens with zero attached hydrogens (tertiary/aromatic N) is 3. The summed E-state index contributed by atoms with van der Waals surface area (Å²) in [6.45, 7) is 1.90. The first kappa shape index (κ1) is 16.2. The van der Waals surface area contributed by atoms with Crippen molar-refractivity contribution in [2.24, 2.45) is 0 Å². The molecule has 1 amide bonds. The van der Waals surface area contributed by atoms with Gasteiger partial charge in [-0.25, -0.2) is 9.97 Å². The monoisotopic (exact) mass is 360 g/mol. The maximum Gasteiger partial charge on any atom is 0.259 e. The number of anilines is 1. The second kappa shape index (κ2) is 6.93. The van der Waals surface area contributed by atoms with Gasteiger partial charge in [0.05, 0.1) is 29.3 Å². The Morgan fingerprint density at radius 2 is 2.00 bits per heavy atom. The minimum atomic E-state index is -0.175. The van der Waals surface area contributed by atoms with Crippen molar-refractivity contribution in [1.29, 1.82) is 0 Å². The van der Waals surface area contributed by atoms with Crippen LogP contribution in [0.2, 0.25) is 0 Å². The highest BCUT2D eigenvalue weighted by Crippen LogP contribution is 2.20. The van der Waals surface area contributed by atoms with Crippen molar-refractivity contribution < 1.29 is 4.79 Å². The molecule has 0 fully saturated rings. The van der Waals surface area contributed by atoms with Crippen molar-refractivity contribution in [2.45, 2.75) is 6.92 Å². The van der Waals surface area contributed by atoms with Gasteiger partial charge in [-0.2, -0.15) is 0 Å². The van der Waals surface area contributed by atoms with Crippen molar-refractivity contribution in [2.75, 3.05) is 5.32 Å². The van der Waals surface area contributed by atoms with Crippen LogP contribution >= 0.6 is 11.3 Å². The van der Waals surface area contributed by atoms with Gasteiger partial charge in [-0.3, -0.25) is 10.1 Å². The summed E-state index contributed by atoms with van der Waals surface area (Å²) >= 11 is 1.41. The number of amides is 1. The van der Waals surface area contributed by atoms with Crippen LogP contribution in [0.4, 0.5) is 5.13 Å². The van der Waals surface area contributed by atoms with Crippen molar-refractivity contribution in [3.8, 4) is 0 Å². The van der Waals surface area contributed by atoms with Crippen molar-refractivity contribution in [3.05, 3.63) is 82.9 Å². The van der Waals surface area contributed by atoms with Crippen LogP contribution in [0.3, 0.4) is 0 Å². The number of benzene rings is 1. The van der Waals surface area contributed by atoms with Gasteiger partial charge in [0.1, 0.15) is 0 Å². The summed E-state index contributed by atoms with van der Waals surface area (Å²) in [5.41, 5.74) is 4.33. The molecule has 0 aliphatic heterocycles. The van der Waals surface area contributed by atoms with Crippen molar-refractivity contribution in [1.82, 2.24) is 14.4 Å². The zero-order chi connectivity index (χ0) is 17.9. The quantitative estimate of drug-likeness (QED) is 0.582. The molecule has 4 rings (SSSR count). The summed E-state index contributed by atoms with van der Waals surface area (Å²) in [5.74, 6) is -0.175. The number of aryl methyl sites for hydroxylation is 1. The van der Waals surface area contributed by atoms with E-state index in [1.54, 1.807) is 12.5 Å². The number of carbonyl (C=O) groups is 1. The van der Waals surface area contributed by atoms with Crippen LogP contribution in [0.5, 0.6) is 0 Å². The molecule has 26 heavy (non-hydrogen) atoms.